The second-order valence-corrected chi connectivity index (χ2v) is 8.16. The number of amides is 3. The molecule has 3 aliphatic rings. The monoisotopic (exact) mass is 389 g/mol. The fourth-order valence-corrected chi connectivity index (χ4v) is 4.95. The van der Waals surface area contributed by atoms with Crippen LogP contribution in [0.25, 0.3) is 0 Å². The van der Waals surface area contributed by atoms with E-state index < -0.39 is 35.0 Å². The van der Waals surface area contributed by atoms with Gasteiger partial charge in [-0.1, -0.05) is 13.8 Å². The van der Waals surface area contributed by atoms with Gasteiger partial charge in [0.25, 0.3) is 0 Å². The van der Waals surface area contributed by atoms with Crippen molar-refractivity contribution in [1.82, 2.24) is 10.2 Å². The third-order valence-corrected chi connectivity index (χ3v) is 6.01. The van der Waals surface area contributed by atoms with Crippen molar-refractivity contribution in [3.63, 3.8) is 0 Å². The van der Waals surface area contributed by atoms with Crippen LogP contribution in [0, 0.1) is 23.6 Å². The molecule has 3 heterocycles. The quantitative estimate of drug-likeness (QED) is 0.740. The number of carbonyl (C=O) groups is 3. The fourth-order valence-electron chi connectivity index (χ4n) is 4.95. The molecule has 2 N–H and O–H groups in total. The van der Waals surface area contributed by atoms with E-state index in [0.29, 0.717) is 17.7 Å². The van der Waals surface area contributed by atoms with Crippen molar-refractivity contribution in [3.8, 4) is 0 Å². The lowest BCUT2D eigenvalue weighted by Gasteiger charge is -2.29. The number of hydrogen-bond acceptors (Lipinski definition) is 5. The highest BCUT2D eigenvalue weighted by molar-refractivity contribution is 6.15. The number of methoxy groups -OCH3 is 1. The minimum absolute atomic E-state index is 0.142. The van der Waals surface area contributed by atoms with Crippen molar-refractivity contribution in [2.75, 3.05) is 25.6 Å². The van der Waals surface area contributed by atoms with E-state index in [1.54, 1.807) is 0 Å². The van der Waals surface area contributed by atoms with Gasteiger partial charge in [0.15, 0.2) is 0 Å². The molecule has 0 unspecified atom stereocenters. The lowest BCUT2D eigenvalue weighted by molar-refractivity contribution is -0.143. The highest BCUT2D eigenvalue weighted by Gasteiger charge is 2.70. The number of nitrogens with zero attached hydrogens (tertiary/aromatic N) is 1. The number of fused-ring (bicyclic) bond motifs is 4. The Kier molecular flexibility index (Phi) is 4.50. The molecule has 8 heteroatoms. The van der Waals surface area contributed by atoms with E-state index in [1.165, 1.54) is 30.2 Å². The van der Waals surface area contributed by atoms with Gasteiger partial charge < -0.3 is 10.1 Å². The van der Waals surface area contributed by atoms with E-state index in [-0.39, 0.29) is 31.0 Å². The van der Waals surface area contributed by atoms with Crippen molar-refractivity contribution >= 4 is 23.4 Å². The van der Waals surface area contributed by atoms with E-state index in [4.69, 9.17) is 4.74 Å². The van der Waals surface area contributed by atoms with Gasteiger partial charge in [0, 0.05) is 24.4 Å². The number of benzene rings is 1. The summed E-state index contributed by atoms with van der Waals surface area (Å²) in [6.45, 7) is 4.41. The summed E-state index contributed by atoms with van der Waals surface area (Å²) < 4.78 is 19.1. The molecule has 4 atom stereocenters. The van der Waals surface area contributed by atoms with Crippen molar-refractivity contribution in [2.45, 2.75) is 31.8 Å². The summed E-state index contributed by atoms with van der Waals surface area (Å²) in [6.07, 6.45) is 0.623. The zero-order valence-electron chi connectivity index (χ0n) is 16.1. The minimum Gasteiger partial charge on any atom is -0.383 e. The summed E-state index contributed by atoms with van der Waals surface area (Å²) in [5.41, 5.74) is -0.567. The number of halogens is 1. The summed E-state index contributed by atoms with van der Waals surface area (Å²) in [5.74, 6) is -2.91. The highest BCUT2D eigenvalue weighted by Crippen LogP contribution is 2.53. The zero-order chi connectivity index (χ0) is 20.2. The molecule has 0 radical (unpaired) electrons. The van der Waals surface area contributed by atoms with E-state index in [0.717, 1.165) is 0 Å². The van der Waals surface area contributed by atoms with Crippen molar-refractivity contribution < 1.29 is 23.5 Å². The molecule has 2 fully saturated rings. The molecule has 3 aliphatic heterocycles. The van der Waals surface area contributed by atoms with Crippen molar-refractivity contribution in [3.05, 3.63) is 29.6 Å². The average molecular weight is 389 g/mol. The van der Waals surface area contributed by atoms with Crippen LogP contribution in [-0.2, 0) is 24.7 Å². The van der Waals surface area contributed by atoms with Gasteiger partial charge in [-0.25, -0.2) is 4.39 Å². The van der Waals surface area contributed by atoms with Crippen LogP contribution in [0.2, 0.25) is 0 Å². The minimum atomic E-state index is -1.43. The number of likely N-dealkylation sites (tertiary alicyclic amines) is 1. The van der Waals surface area contributed by atoms with Gasteiger partial charge in [0.05, 0.1) is 25.0 Å². The Balaban J connectivity index is 1.84. The topological polar surface area (TPSA) is 87.7 Å². The standard InChI is InChI=1S/C20H24FN3O4/c1-10(2)8-14-15-16(18(26)24(17(15)25)6-7-28-3)20(23-14)12-9-11(21)4-5-13(12)22-19(20)27/h4-5,9-10,14-16,23H,6-8H2,1-3H3,(H,22,27)/t14-,15-,16+,20+/m1/s1. The maximum atomic E-state index is 14.0. The molecule has 4 rings (SSSR count). The second-order valence-electron chi connectivity index (χ2n) is 8.16. The first-order valence-electron chi connectivity index (χ1n) is 9.54. The predicted molar refractivity (Wildman–Crippen MR) is 98.7 cm³/mol. The number of anilines is 1. The molecule has 150 valence electrons. The normalized spacial score (nSPS) is 31.1. The van der Waals surface area contributed by atoms with Gasteiger partial charge in [0.2, 0.25) is 17.7 Å². The Morgan fingerprint density at radius 2 is 2.00 bits per heavy atom. The average Bonchev–Trinajstić information content (AvgIpc) is 3.19. The van der Waals surface area contributed by atoms with E-state index in [2.05, 4.69) is 10.6 Å². The largest absolute Gasteiger partial charge is 0.383 e. The Morgan fingerprint density at radius 3 is 2.68 bits per heavy atom. The second kappa shape index (κ2) is 6.63. The van der Waals surface area contributed by atoms with Gasteiger partial charge in [-0.15, -0.1) is 0 Å². The van der Waals surface area contributed by atoms with E-state index in [1.807, 2.05) is 13.8 Å². The number of hydrogen-bond donors (Lipinski definition) is 2. The number of rotatable bonds is 5. The van der Waals surface area contributed by atoms with Crippen molar-refractivity contribution in [1.29, 1.82) is 0 Å². The fraction of sp³-hybridized carbons (Fsp3) is 0.550. The molecule has 1 aromatic carbocycles. The molecule has 28 heavy (non-hydrogen) atoms. The van der Waals surface area contributed by atoms with Crippen LogP contribution in [0.1, 0.15) is 25.8 Å². The number of carbonyl (C=O) groups excluding carboxylic acids is 3. The van der Waals surface area contributed by atoms with Crippen LogP contribution in [0.4, 0.5) is 10.1 Å². The van der Waals surface area contributed by atoms with Gasteiger partial charge in [-0.3, -0.25) is 24.6 Å². The Hall–Kier alpha value is -2.32. The van der Waals surface area contributed by atoms with Crippen LogP contribution >= 0.6 is 0 Å². The highest BCUT2D eigenvalue weighted by atomic mass is 19.1. The summed E-state index contributed by atoms with van der Waals surface area (Å²) in [6, 6.07) is 3.69. The lowest BCUT2D eigenvalue weighted by atomic mass is 9.76. The van der Waals surface area contributed by atoms with Crippen molar-refractivity contribution in [2.24, 2.45) is 17.8 Å². The molecule has 7 nitrogen and oxygen atoms in total. The van der Waals surface area contributed by atoms with Crippen LogP contribution in [0.3, 0.4) is 0 Å². The number of ether oxygens (including phenoxy) is 1. The summed E-state index contributed by atoms with van der Waals surface area (Å²) >= 11 is 0. The van der Waals surface area contributed by atoms with Crippen LogP contribution in [0.15, 0.2) is 18.2 Å². The summed E-state index contributed by atoms with van der Waals surface area (Å²) in [4.78, 5) is 40.7. The molecule has 1 spiro atoms. The first kappa shape index (κ1) is 19.0. The summed E-state index contributed by atoms with van der Waals surface area (Å²) in [5, 5.41) is 6.05. The molecule has 0 bridgehead atoms. The van der Waals surface area contributed by atoms with Gasteiger partial charge in [-0.2, -0.15) is 0 Å². The third-order valence-electron chi connectivity index (χ3n) is 6.01. The first-order valence-corrected chi connectivity index (χ1v) is 9.54. The summed E-state index contributed by atoms with van der Waals surface area (Å²) in [7, 11) is 1.50. The number of nitrogens with one attached hydrogen (secondary N) is 2. The number of imide groups is 1. The Morgan fingerprint density at radius 1 is 1.25 bits per heavy atom. The smallest absolute Gasteiger partial charge is 0.250 e. The van der Waals surface area contributed by atoms with Gasteiger partial charge in [-0.05, 0) is 30.5 Å². The maximum Gasteiger partial charge on any atom is 0.250 e. The Bertz CT molecular complexity index is 858. The zero-order valence-corrected chi connectivity index (χ0v) is 16.1. The first-order chi connectivity index (χ1) is 13.3. The van der Waals surface area contributed by atoms with Crippen LogP contribution in [-0.4, -0.2) is 48.9 Å². The molecule has 1 aromatic rings. The lowest BCUT2D eigenvalue weighted by Crippen LogP contribution is -2.53. The SMILES string of the molecule is COCCN1C(=O)[C@H]2[C@@H](C1=O)[C@]1(N[C@@H]2CC(C)C)C(=O)Nc2ccc(F)cc21. The van der Waals surface area contributed by atoms with Gasteiger partial charge >= 0.3 is 0 Å². The Labute approximate surface area is 162 Å². The third kappa shape index (κ3) is 2.51. The molecule has 0 aromatic heterocycles. The van der Waals surface area contributed by atoms with E-state index >= 15 is 0 Å². The maximum absolute atomic E-state index is 14.0. The predicted octanol–water partition coefficient (Wildman–Crippen LogP) is 1.24. The van der Waals surface area contributed by atoms with E-state index in [9.17, 15) is 18.8 Å². The molecular weight excluding hydrogens is 365 g/mol. The van der Waals surface area contributed by atoms with Gasteiger partial charge in [0.1, 0.15) is 11.4 Å². The molecule has 3 amide bonds. The molecule has 0 aliphatic carbocycles. The molecule has 2 saturated heterocycles. The van der Waals surface area contributed by atoms with Crippen LogP contribution in [0.5, 0.6) is 0 Å². The molecular formula is C20H24FN3O4. The van der Waals surface area contributed by atoms with Crippen LogP contribution < -0.4 is 10.6 Å². The molecule has 0 saturated carbocycles.